The van der Waals surface area contributed by atoms with Crippen molar-refractivity contribution in [1.82, 2.24) is 9.97 Å². The summed E-state index contributed by atoms with van der Waals surface area (Å²) in [4.78, 5) is 8.38. The second-order valence-corrected chi connectivity index (χ2v) is 4.35. The number of aliphatic hydroxyl groups excluding tert-OH is 1. The molecule has 84 valence electrons. The highest BCUT2D eigenvalue weighted by Gasteiger charge is 2.28. The Bertz CT molecular complexity index is 324. The lowest BCUT2D eigenvalue weighted by Gasteiger charge is -2.26. The summed E-state index contributed by atoms with van der Waals surface area (Å²) in [5, 5.41) is 9.42. The molecule has 0 bridgehead atoms. The lowest BCUT2D eigenvalue weighted by atomic mass is 9.83. The van der Waals surface area contributed by atoms with Crippen molar-refractivity contribution in [3.8, 4) is 5.88 Å². The van der Waals surface area contributed by atoms with Gasteiger partial charge in [-0.2, -0.15) is 0 Å². The van der Waals surface area contributed by atoms with Crippen molar-refractivity contribution < 1.29 is 9.84 Å². The van der Waals surface area contributed by atoms with Crippen LogP contribution in [0, 0.1) is 0 Å². The van der Waals surface area contributed by atoms with Crippen molar-refractivity contribution in [2.24, 2.45) is 0 Å². The third kappa shape index (κ3) is 2.89. The molecule has 0 radical (unpaired) electrons. The Morgan fingerprint density at radius 2 is 2.00 bits per heavy atom. The van der Waals surface area contributed by atoms with Crippen LogP contribution in [0.2, 0.25) is 0 Å². The Labute approximate surface area is 90.3 Å². The van der Waals surface area contributed by atoms with Crippen molar-refractivity contribution in [2.75, 3.05) is 7.11 Å². The summed E-state index contributed by atoms with van der Waals surface area (Å²) < 4.78 is 5.16. The van der Waals surface area contributed by atoms with Gasteiger partial charge in [0, 0.05) is 17.8 Å². The fourth-order valence-corrected chi connectivity index (χ4v) is 1.77. The average molecular weight is 210 g/mol. The second kappa shape index (κ2) is 4.57. The van der Waals surface area contributed by atoms with Gasteiger partial charge in [0.2, 0.25) is 5.88 Å². The first-order chi connectivity index (χ1) is 6.97. The molecule has 0 aliphatic rings. The van der Waals surface area contributed by atoms with Crippen LogP contribution in [0.3, 0.4) is 0 Å². The van der Waals surface area contributed by atoms with Gasteiger partial charge in [-0.05, 0) is 13.3 Å². The highest BCUT2D eigenvalue weighted by atomic mass is 16.5. The zero-order chi connectivity index (χ0) is 11.5. The first-order valence-corrected chi connectivity index (χ1v) is 5.01. The van der Waals surface area contributed by atoms with Gasteiger partial charge in [-0.3, -0.25) is 4.98 Å². The fraction of sp³-hybridized carbons (Fsp3) is 0.636. The molecule has 0 spiro atoms. The summed E-state index contributed by atoms with van der Waals surface area (Å²) >= 11 is 0. The Morgan fingerprint density at radius 3 is 2.53 bits per heavy atom. The molecule has 15 heavy (non-hydrogen) atoms. The van der Waals surface area contributed by atoms with Crippen LogP contribution >= 0.6 is 0 Å². The molecule has 1 aromatic rings. The number of aliphatic hydroxyl groups is 1. The van der Waals surface area contributed by atoms with E-state index >= 15 is 0 Å². The van der Waals surface area contributed by atoms with Gasteiger partial charge in [0.05, 0.1) is 13.2 Å². The standard InChI is InChI=1S/C11H18N2O2/c1-8(14)7-11(2,3)9-10(15-4)13-6-5-12-9/h5-6,8,14H,7H2,1-4H3. The summed E-state index contributed by atoms with van der Waals surface area (Å²) in [5.41, 5.74) is 0.543. The van der Waals surface area contributed by atoms with Crippen LogP contribution in [0.5, 0.6) is 5.88 Å². The molecule has 1 unspecified atom stereocenters. The maximum Gasteiger partial charge on any atom is 0.235 e. The number of hydrogen-bond acceptors (Lipinski definition) is 4. The molecule has 1 N–H and O–H groups in total. The molecule has 0 aliphatic carbocycles. The zero-order valence-electron chi connectivity index (χ0n) is 9.69. The molecule has 0 saturated carbocycles. The number of methoxy groups -OCH3 is 1. The van der Waals surface area contributed by atoms with Crippen LogP contribution < -0.4 is 4.74 Å². The molecular formula is C11H18N2O2. The minimum atomic E-state index is -0.369. The van der Waals surface area contributed by atoms with Gasteiger partial charge >= 0.3 is 0 Å². The number of aromatic nitrogens is 2. The Kier molecular flexibility index (Phi) is 3.63. The lowest BCUT2D eigenvalue weighted by Crippen LogP contribution is -2.25. The van der Waals surface area contributed by atoms with E-state index in [-0.39, 0.29) is 11.5 Å². The smallest absolute Gasteiger partial charge is 0.235 e. The van der Waals surface area contributed by atoms with Gasteiger partial charge in [0.25, 0.3) is 0 Å². The third-order valence-electron chi connectivity index (χ3n) is 2.30. The van der Waals surface area contributed by atoms with Crippen LogP contribution in [0.25, 0.3) is 0 Å². The monoisotopic (exact) mass is 210 g/mol. The van der Waals surface area contributed by atoms with E-state index in [0.29, 0.717) is 12.3 Å². The van der Waals surface area contributed by atoms with E-state index in [1.807, 2.05) is 13.8 Å². The molecule has 0 aromatic carbocycles. The normalized spacial score (nSPS) is 13.7. The van der Waals surface area contributed by atoms with Crippen LogP contribution in [-0.2, 0) is 5.41 Å². The molecule has 4 nitrogen and oxygen atoms in total. The number of rotatable bonds is 4. The summed E-state index contributed by atoms with van der Waals surface area (Å²) in [7, 11) is 1.58. The van der Waals surface area contributed by atoms with Gasteiger partial charge in [-0.25, -0.2) is 4.98 Å². The largest absolute Gasteiger partial charge is 0.480 e. The first kappa shape index (κ1) is 11.9. The number of nitrogens with zero attached hydrogens (tertiary/aromatic N) is 2. The van der Waals surface area contributed by atoms with E-state index in [0.717, 1.165) is 5.69 Å². The minimum absolute atomic E-state index is 0.242. The average Bonchev–Trinajstić information content (AvgIpc) is 2.16. The third-order valence-corrected chi connectivity index (χ3v) is 2.30. The predicted molar refractivity (Wildman–Crippen MR) is 57.9 cm³/mol. The highest BCUT2D eigenvalue weighted by molar-refractivity contribution is 5.25. The summed E-state index contributed by atoms with van der Waals surface area (Å²) in [5.74, 6) is 0.531. The number of ether oxygens (including phenoxy) is 1. The van der Waals surface area contributed by atoms with Crippen molar-refractivity contribution in [1.29, 1.82) is 0 Å². The van der Waals surface area contributed by atoms with Crippen LogP contribution in [0.15, 0.2) is 12.4 Å². The van der Waals surface area contributed by atoms with Gasteiger partial charge in [-0.1, -0.05) is 13.8 Å². The fourth-order valence-electron chi connectivity index (χ4n) is 1.77. The van der Waals surface area contributed by atoms with Gasteiger partial charge in [-0.15, -0.1) is 0 Å². The lowest BCUT2D eigenvalue weighted by molar-refractivity contribution is 0.154. The first-order valence-electron chi connectivity index (χ1n) is 5.01. The van der Waals surface area contributed by atoms with E-state index in [1.54, 1.807) is 26.4 Å². The van der Waals surface area contributed by atoms with Crippen molar-refractivity contribution in [3.63, 3.8) is 0 Å². The molecule has 0 fully saturated rings. The molecule has 1 heterocycles. The predicted octanol–water partition coefficient (Wildman–Crippen LogP) is 1.53. The van der Waals surface area contributed by atoms with Crippen LogP contribution in [0.1, 0.15) is 32.9 Å². The van der Waals surface area contributed by atoms with Crippen LogP contribution in [-0.4, -0.2) is 28.3 Å². The molecule has 1 aromatic heterocycles. The molecule has 4 heteroatoms. The minimum Gasteiger partial charge on any atom is -0.480 e. The molecule has 0 aliphatic heterocycles. The van der Waals surface area contributed by atoms with E-state index < -0.39 is 0 Å². The molecule has 0 amide bonds. The molecule has 1 atom stereocenters. The van der Waals surface area contributed by atoms with Gasteiger partial charge < -0.3 is 9.84 Å². The van der Waals surface area contributed by atoms with Crippen molar-refractivity contribution in [3.05, 3.63) is 18.1 Å². The molecule has 1 rings (SSSR count). The van der Waals surface area contributed by atoms with Gasteiger partial charge in [0.15, 0.2) is 0 Å². The SMILES string of the molecule is COc1nccnc1C(C)(C)CC(C)O. The highest BCUT2D eigenvalue weighted by Crippen LogP contribution is 2.31. The quantitative estimate of drug-likeness (QED) is 0.819. The Morgan fingerprint density at radius 1 is 1.40 bits per heavy atom. The second-order valence-electron chi connectivity index (χ2n) is 4.35. The number of hydrogen-bond donors (Lipinski definition) is 1. The zero-order valence-corrected chi connectivity index (χ0v) is 9.69. The molecule has 0 saturated heterocycles. The van der Waals surface area contributed by atoms with Gasteiger partial charge in [0.1, 0.15) is 5.69 Å². The van der Waals surface area contributed by atoms with E-state index in [9.17, 15) is 5.11 Å². The Balaban J connectivity index is 3.02. The maximum atomic E-state index is 9.42. The summed E-state index contributed by atoms with van der Waals surface area (Å²) in [6.07, 6.45) is 3.50. The summed E-state index contributed by atoms with van der Waals surface area (Å²) in [6, 6.07) is 0. The van der Waals surface area contributed by atoms with Crippen LogP contribution in [0.4, 0.5) is 0 Å². The van der Waals surface area contributed by atoms with Crippen molar-refractivity contribution >= 4 is 0 Å². The molecular weight excluding hydrogens is 192 g/mol. The topological polar surface area (TPSA) is 55.2 Å². The summed E-state index contributed by atoms with van der Waals surface area (Å²) in [6.45, 7) is 5.81. The van der Waals surface area contributed by atoms with E-state index in [4.69, 9.17) is 4.74 Å². The Hall–Kier alpha value is -1.16. The van der Waals surface area contributed by atoms with Crippen molar-refractivity contribution in [2.45, 2.75) is 38.7 Å². The van der Waals surface area contributed by atoms with E-state index in [2.05, 4.69) is 9.97 Å². The van der Waals surface area contributed by atoms with E-state index in [1.165, 1.54) is 0 Å². The maximum absolute atomic E-state index is 9.42.